The van der Waals surface area contributed by atoms with Crippen LogP contribution in [0.4, 0.5) is 0 Å². The molecule has 1 aliphatic rings. The second kappa shape index (κ2) is 6.05. The number of hydrogen-bond acceptors (Lipinski definition) is 5. The van der Waals surface area contributed by atoms with Gasteiger partial charge in [-0.1, -0.05) is 0 Å². The molecule has 0 spiro atoms. The molecule has 2 rings (SSSR count). The van der Waals surface area contributed by atoms with Gasteiger partial charge in [0.15, 0.2) is 11.5 Å². The zero-order chi connectivity index (χ0) is 14.5. The molecule has 0 aliphatic carbocycles. The molecule has 1 aromatic carbocycles. The predicted molar refractivity (Wildman–Crippen MR) is 71.6 cm³/mol. The number of hydrazone groups is 1. The highest BCUT2D eigenvalue weighted by Gasteiger charge is 2.26. The summed E-state index contributed by atoms with van der Waals surface area (Å²) in [5.74, 6) is -0.135. The monoisotopic (exact) mass is 277 g/mol. The summed E-state index contributed by atoms with van der Waals surface area (Å²) in [5.41, 5.74) is 2.95. The Balaban J connectivity index is 1.91. The number of carbonyl (C=O) groups is 2. The molecule has 0 unspecified atom stereocenters. The van der Waals surface area contributed by atoms with Gasteiger partial charge in [-0.05, 0) is 30.2 Å². The summed E-state index contributed by atoms with van der Waals surface area (Å²) >= 11 is 0. The zero-order valence-electron chi connectivity index (χ0n) is 10.9. The number of amides is 2. The Bertz CT molecular complexity index is 557. The second-order valence-electron chi connectivity index (χ2n) is 4.32. The van der Waals surface area contributed by atoms with E-state index in [1.807, 2.05) is 0 Å². The van der Waals surface area contributed by atoms with Gasteiger partial charge >= 0.3 is 0 Å². The van der Waals surface area contributed by atoms with Crippen LogP contribution in [0, 0.1) is 0 Å². The fourth-order valence-corrected chi connectivity index (χ4v) is 1.85. The number of nitrogens with zero attached hydrogens (tertiary/aromatic N) is 1. The summed E-state index contributed by atoms with van der Waals surface area (Å²) in [6, 6.07) is 4.22. The quantitative estimate of drug-likeness (QED) is 0.538. The highest BCUT2D eigenvalue weighted by molar-refractivity contribution is 5.91. The van der Waals surface area contributed by atoms with Crippen LogP contribution in [0.2, 0.25) is 0 Å². The van der Waals surface area contributed by atoms with Crippen molar-refractivity contribution in [2.75, 3.05) is 7.11 Å². The van der Waals surface area contributed by atoms with E-state index in [1.165, 1.54) is 19.4 Å². The van der Waals surface area contributed by atoms with Crippen LogP contribution in [0.1, 0.15) is 18.4 Å². The van der Waals surface area contributed by atoms with Crippen LogP contribution in [0.5, 0.6) is 11.5 Å². The van der Waals surface area contributed by atoms with Crippen LogP contribution in [0.3, 0.4) is 0 Å². The summed E-state index contributed by atoms with van der Waals surface area (Å²) in [7, 11) is 1.46. The highest BCUT2D eigenvalue weighted by Crippen LogP contribution is 2.25. The SMILES string of the molecule is COc1ccc(/C=N\NC(=O)[C@H]2CCC(=O)N2)cc1O. The number of phenolic OH excluding ortho intramolecular Hbond substituents is 1. The number of ether oxygens (including phenoxy) is 1. The van der Waals surface area contributed by atoms with Crippen molar-refractivity contribution in [1.29, 1.82) is 0 Å². The van der Waals surface area contributed by atoms with Crippen molar-refractivity contribution >= 4 is 18.0 Å². The molecule has 0 saturated carbocycles. The van der Waals surface area contributed by atoms with Gasteiger partial charge in [0.25, 0.3) is 5.91 Å². The number of rotatable bonds is 4. The Kier molecular flexibility index (Phi) is 4.19. The lowest BCUT2D eigenvalue weighted by molar-refractivity contribution is -0.125. The van der Waals surface area contributed by atoms with Crippen molar-refractivity contribution < 1.29 is 19.4 Å². The molecule has 0 bridgehead atoms. The molecule has 1 aliphatic heterocycles. The molecule has 3 N–H and O–H groups in total. The first-order valence-corrected chi connectivity index (χ1v) is 6.09. The lowest BCUT2D eigenvalue weighted by atomic mass is 10.2. The number of hydrogen-bond donors (Lipinski definition) is 3. The lowest BCUT2D eigenvalue weighted by Gasteiger charge is -2.07. The van der Waals surface area contributed by atoms with Crippen molar-refractivity contribution in [2.45, 2.75) is 18.9 Å². The van der Waals surface area contributed by atoms with Crippen LogP contribution in [0.15, 0.2) is 23.3 Å². The van der Waals surface area contributed by atoms with Crippen molar-refractivity contribution in [1.82, 2.24) is 10.7 Å². The van der Waals surface area contributed by atoms with Crippen LogP contribution in [0.25, 0.3) is 0 Å². The van der Waals surface area contributed by atoms with Crippen molar-refractivity contribution in [3.05, 3.63) is 23.8 Å². The molecule has 1 saturated heterocycles. The fourth-order valence-electron chi connectivity index (χ4n) is 1.85. The normalized spacial score (nSPS) is 18.1. The molecule has 1 atom stereocenters. The number of phenols is 1. The van der Waals surface area contributed by atoms with Crippen LogP contribution in [-0.2, 0) is 9.59 Å². The van der Waals surface area contributed by atoms with Gasteiger partial charge in [-0.15, -0.1) is 0 Å². The van der Waals surface area contributed by atoms with E-state index in [4.69, 9.17) is 4.74 Å². The van der Waals surface area contributed by atoms with E-state index in [0.717, 1.165) is 0 Å². The second-order valence-corrected chi connectivity index (χ2v) is 4.32. The van der Waals surface area contributed by atoms with Crippen molar-refractivity contribution in [3.8, 4) is 11.5 Å². The van der Waals surface area contributed by atoms with Crippen LogP contribution < -0.4 is 15.5 Å². The summed E-state index contributed by atoms with van der Waals surface area (Å²) in [4.78, 5) is 22.6. The van der Waals surface area contributed by atoms with E-state index >= 15 is 0 Å². The molecule has 106 valence electrons. The van der Waals surface area contributed by atoms with Crippen LogP contribution in [-0.4, -0.2) is 36.3 Å². The average Bonchev–Trinajstić information content (AvgIpc) is 2.85. The largest absolute Gasteiger partial charge is 0.504 e. The Morgan fingerprint density at radius 1 is 1.60 bits per heavy atom. The third-order valence-electron chi connectivity index (χ3n) is 2.90. The number of benzene rings is 1. The van der Waals surface area contributed by atoms with Crippen molar-refractivity contribution in [3.63, 3.8) is 0 Å². The van der Waals surface area contributed by atoms with Crippen LogP contribution >= 0.6 is 0 Å². The van der Waals surface area contributed by atoms with Gasteiger partial charge in [0.2, 0.25) is 5.91 Å². The van der Waals surface area contributed by atoms with E-state index in [0.29, 0.717) is 24.2 Å². The van der Waals surface area contributed by atoms with E-state index in [1.54, 1.807) is 12.1 Å². The summed E-state index contributed by atoms with van der Waals surface area (Å²) in [5, 5.41) is 15.9. The van der Waals surface area contributed by atoms with Gasteiger partial charge in [0.1, 0.15) is 6.04 Å². The Morgan fingerprint density at radius 2 is 2.40 bits per heavy atom. The first kappa shape index (κ1) is 13.9. The topological polar surface area (TPSA) is 100 Å². The molecule has 1 heterocycles. The molecule has 7 nitrogen and oxygen atoms in total. The molecular formula is C13H15N3O4. The predicted octanol–water partition coefficient (Wildman–Crippen LogP) is 0.129. The minimum Gasteiger partial charge on any atom is -0.504 e. The Morgan fingerprint density at radius 3 is 3.00 bits per heavy atom. The maximum Gasteiger partial charge on any atom is 0.262 e. The number of nitrogens with one attached hydrogen (secondary N) is 2. The molecule has 0 radical (unpaired) electrons. The minimum atomic E-state index is -0.524. The average molecular weight is 277 g/mol. The number of carbonyl (C=O) groups excluding carboxylic acids is 2. The molecular weight excluding hydrogens is 262 g/mol. The van der Waals surface area contributed by atoms with Gasteiger partial charge in [0, 0.05) is 6.42 Å². The van der Waals surface area contributed by atoms with E-state index in [-0.39, 0.29) is 17.6 Å². The smallest absolute Gasteiger partial charge is 0.262 e. The van der Waals surface area contributed by atoms with Gasteiger partial charge < -0.3 is 15.2 Å². The van der Waals surface area contributed by atoms with E-state index in [2.05, 4.69) is 15.8 Å². The van der Waals surface area contributed by atoms with Gasteiger partial charge in [-0.3, -0.25) is 9.59 Å². The molecule has 20 heavy (non-hydrogen) atoms. The minimum absolute atomic E-state index is 0.00849. The maximum absolute atomic E-state index is 11.6. The lowest BCUT2D eigenvalue weighted by Crippen LogP contribution is -2.39. The first-order chi connectivity index (χ1) is 9.60. The number of methoxy groups -OCH3 is 1. The number of aromatic hydroxyl groups is 1. The van der Waals surface area contributed by atoms with Gasteiger partial charge in [-0.25, -0.2) is 5.43 Å². The third-order valence-corrected chi connectivity index (χ3v) is 2.90. The summed E-state index contributed by atoms with van der Waals surface area (Å²) in [6.07, 6.45) is 2.23. The maximum atomic E-state index is 11.6. The molecule has 7 heteroatoms. The molecule has 1 fully saturated rings. The highest BCUT2D eigenvalue weighted by atomic mass is 16.5. The third kappa shape index (κ3) is 3.25. The van der Waals surface area contributed by atoms with Crippen molar-refractivity contribution in [2.24, 2.45) is 5.10 Å². The first-order valence-electron chi connectivity index (χ1n) is 6.09. The fraction of sp³-hybridized carbons (Fsp3) is 0.308. The van der Waals surface area contributed by atoms with E-state index < -0.39 is 6.04 Å². The standard InChI is InChI=1S/C13H15N3O4/c1-20-11-4-2-8(6-10(11)17)7-14-16-13(19)9-3-5-12(18)15-9/h2,4,6-7,9,17H,3,5H2,1H3,(H,15,18)(H,16,19)/b14-7-/t9-/m1/s1. The molecule has 0 aromatic heterocycles. The van der Waals surface area contributed by atoms with Gasteiger partial charge in [-0.2, -0.15) is 5.10 Å². The summed E-state index contributed by atoms with van der Waals surface area (Å²) < 4.78 is 4.92. The van der Waals surface area contributed by atoms with Gasteiger partial charge in [0.05, 0.1) is 13.3 Å². The molecule has 2 amide bonds. The Hall–Kier alpha value is -2.57. The molecule has 1 aromatic rings. The zero-order valence-corrected chi connectivity index (χ0v) is 10.9. The Labute approximate surface area is 115 Å². The van der Waals surface area contributed by atoms with E-state index in [9.17, 15) is 14.7 Å². The summed E-state index contributed by atoms with van der Waals surface area (Å²) in [6.45, 7) is 0.